The summed E-state index contributed by atoms with van der Waals surface area (Å²) in [5, 5.41) is 6.66. The highest BCUT2D eigenvalue weighted by Gasteiger charge is 2.12. The minimum Gasteiger partial charge on any atom is -0.355 e. The van der Waals surface area contributed by atoms with Gasteiger partial charge in [-0.3, -0.25) is 4.99 Å². The zero-order chi connectivity index (χ0) is 14.4. The van der Waals surface area contributed by atoms with E-state index in [2.05, 4.69) is 37.5 Å². The van der Waals surface area contributed by atoms with E-state index in [-0.39, 0.29) is 24.0 Å². The molecule has 1 fully saturated rings. The van der Waals surface area contributed by atoms with Crippen molar-refractivity contribution in [3.8, 4) is 0 Å². The lowest BCUT2D eigenvalue weighted by Crippen LogP contribution is -2.41. The summed E-state index contributed by atoms with van der Waals surface area (Å²) in [4.78, 5) is 13.5. The second-order valence-corrected chi connectivity index (χ2v) is 6.30. The van der Waals surface area contributed by atoms with Crippen LogP contribution in [0.15, 0.2) is 10.4 Å². The van der Waals surface area contributed by atoms with Crippen molar-refractivity contribution in [1.29, 1.82) is 0 Å². The number of hydrogen-bond donors (Lipinski definition) is 1. The van der Waals surface area contributed by atoms with E-state index in [1.807, 2.05) is 14.0 Å². The van der Waals surface area contributed by atoms with Crippen LogP contribution in [-0.4, -0.2) is 61.0 Å². The standard InChI is InChI=1S/C14H25N5S.HI/c1-12-17-13(11-20-12)10-18(3)14(15-2)16-6-9-19-7-4-5-8-19;/h11H,4-10H2,1-3H3,(H,15,16);1H. The van der Waals surface area contributed by atoms with Crippen molar-refractivity contribution in [2.45, 2.75) is 26.3 Å². The average Bonchev–Trinajstić information content (AvgIpc) is 3.06. The van der Waals surface area contributed by atoms with Gasteiger partial charge in [0.05, 0.1) is 17.2 Å². The maximum atomic E-state index is 4.50. The van der Waals surface area contributed by atoms with Gasteiger partial charge in [-0.25, -0.2) is 4.98 Å². The number of likely N-dealkylation sites (tertiary alicyclic amines) is 1. The Bertz CT molecular complexity index is 442. The largest absolute Gasteiger partial charge is 0.355 e. The molecule has 0 aromatic carbocycles. The lowest BCUT2D eigenvalue weighted by Gasteiger charge is -2.22. The van der Waals surface area contributed by atoms with Crippen LogP contribution in [0, 0.1) is 6.92 Å². The molecule has 7 heteroatoms. The molecule has 0 unspecified atom stereocenters. The van der Waals surface area contributed by atoms with Gasteiger partial charge in [0, 0.05) is 32.6 Å². The number of rotatable bonds is 5. The number of aryl methyl sites for hydroxylation is 1. The SMILES string of the molecule is CN=C(NCCN1CCCC1)N(C)Cc1csc(C)n1.I. The van der Waals surface area contributed by atoms with Gasteiger partial charge in [-0.05, 0) is 32.9 Å². The molecule has 0 amide bonds. The van der Waals surface area contributed by atoms with Crippen molar-refractivity contribution in [3.63, 3.8) is 0 Å². The van der Waals surface area contributed by atoms with E-state index in [0.717, 1.165) is 36.3 Å². The van der Waals surface area contributed by atoms with Crippen LogP contribution in [0.5, 0.6) is 0 Å². The van der Waals surface area contributed by atoms with Crippen molar-refractivity contribution < 1.29 is 0 Å². The summed E-state index contributed by atoms with van der Waals surface area (Å²) in [7, 11) is 3.89. The third-order valence-corrected chi connectivity index (χ3v) is 4.37. The number of nitrogens with zero attached hydrogens (tertiary/aromatic N) is 4. The van der Waals surface area contributed by atoms with Crippen LogP contribution in [0.25, 0.3) is 0 Å². The van der Waals surface area contributed by atoms with Gasteiger partial charge in [0.15, 0.2) is 5.96 Å². The lowest BCUT2D eigenvalue weighted by atomic mass is 10.4. The van der Waals surface area contributed by atoms with E-state index >= 15 is 0 Å². The van der Waals surface area contributed by atoms with Gasteiger partial charge in [0.2, 0.25) is 0 Å². The first-order chi connectivity index (χ1) is 9.69. The van der Waals surface area contributed by atoms with E-state index in [4.69, 9.17) is 0 Å². The van der Waals surface area contributed by atoms with E-state index in [1.165, 1.54) is 25.9 Å². The molecule has 21 heavy (non-hydrogen) atoms. The summed E-state index contributed by atoms with van der Waals surface area (Å²) >= 11 is 1.70. The molecule has 2 heterocycles. The molecule has 1 aromatic heterocycles. The molecule has 0 aliphatic carbocycles. The van der Waals surface area contributed by atoms with Crippen LogP contribution in [0.3, 0.4) is 0 Å². The molecule has 0 atom stereocenters. The van der Waals surface area contributed by atoms with Crippen molar-refractivity contribution in [1.82, 2.24) is 20.1 Å². The topological polar surface area (TPSA) is 43.8 Å². The molecular formula is C14H26IN5S. The zero-order valence-electron chi connectivity index (χ0n) is 13.1. The predicted octanol–water partition coefficient (Wildman–Crippen LogP) is 2.17. The van der Waals surface area contributed by atoms with Gasteiger partial charge in [0.1, 0.15) is 0 Å². The predicted molar refractivity (Wildman–Crippen MR) is 101 cm³/mol. The Balaban J connectivity index is 0.00000220. The Morgan fingerprint density at radius 3 is 2.76 bits per heavy atom. The van der Waals surface area contributed by atoms with Crippen LogP contribution in [0.4, 0.5) is 0 Å². The molecule has 5 nitrogen and oxygen atoms in total. The smallest absolute Gasteiger partial charge is 0.193 e. The minimum atomic E-state index is 0. The van der Waals surface area contributed by atoms with E-state index < -0.39 is 0 Å². The van der Waals surface area contributed by atoms with Crippen LogP contribution < -0.4 is 5.32 Å². The maximum Gasteiger partial charge on any atom is 0.193 e. The minimum absolute atomic E-state index is 0. The molecule has 1 aliphatic heterocycles. The Labute approximate surface area is 148 Å². The van der Waals surface area contributed by atoms with E-state index in [9.17, 15) is 0 Å². The van der Waals surface area contributed by atoms with Crippen LogP contribution in [0.1, 0.15) is 23.5 Å². The molecule has 2 rings (SSSR count). The Morgan fingerprint density at radius 2 is 2.19 bits per heavy atom. The summed E-state index contributed by atoms with van der Waals surface area (Å²) < 4.78 is 0. The van der Waals surface area contributed by atoms with Crippen LogP contribution in [-0.2, 0) is 6.54 Å². The molecular weight excluding hydrogens is 397 g/mol. The Hall–Kier alpha value is -0.410. The molecule has 1 N–H and O–H groups in total. The first-order valence-electron chi connectivity index (χ1n) is 7.24. The lowest BCUT2D eigenvalue weighted by molar-refractivity contribution is 0.340. The molecule has 120 valence electrons. The fraction of sp³-hybridized carbons (Fsp3) is 0.714. The van der Waals surface area contributed by atoms with Gasteiger partial charge in [0.25, 0.3) is 0 Å². The number of halogens is 1. The molecule has 0 saturated carbocycles. The summed E-state index contributed by atoms with van der Waals surface area (Å²) in [6.07, 6.45) is 2.69. The average molecular weight is 423 g/mol. The molecule has 1 saturated heterocycles. The maximum absolute atomic E-state index is 4.50. The quantitative estimate of drug-likeness (QED) is 0.448. The van der Waals surface area contributed by atoms with Gasteiger partial charge in [-0.15, -0.1) is 35.3 Å². The van der Waals surface area contributed by atoms with Gasteiger partial charge >= 0.3 is 0 Å². The number of aliphatic imine (C=N–C) groups is 1. The Kier molecular flexibility index (Phi) is 8.50. The number of aromatic nitrogens is 1. The summed E-state index contributed by atoms with van der Waals surface area (Å²) in [6, 6.07) is 0. The number of nitrogens with one attached hydrogen (secondary N) is 1. The molecule has 0 bridgehead atoms. The van der Waals surface area contributed by atoms with Gasteiger partial charge in [-0.1, -0.05) is 0 Å². The summed E-state index contributed by atoms with van der Waals surface area (Å²) in [6.45, 7) is 7.38. The highest BCUT2D eigenvalue weighted by atomic mass is 127. The number of guanidine groups is 1. The summed E-state index contributed by atoms with van der Waals surface area (Å²) in [5.41, 5.74) is 1.11. The molecule has 1 aliphatic rings. The van der Waals surface area contributed by atoms with Gasteiger partial charge in [-0.2, -0.15) is 0 Å². The van der Waals surface area contributed by atoms with E-state index in [0.29, 0.717) is 0 Å². The fourth-order valence-electron chi connectivity index (χ4n) is 2.52. The zero-order valence-corrected chi connectivity index (χ0v) is 16.3. The van der Waals surface area contributed by atoms with Crippen molar-refractivity contribution in [2.24, 2.45) is 4.99 Å². The Morgan fingerprint density at radius 1 is 1.48 bits per heavy atom. The van der Waals surface area contributed by atoms with Crippen molar-refractivity contribution in [3.05, 3.63) is 16.1 Å². The summed E-state index contributed by atoms with van der Waals surface area (Å²) in [5.74, 6) is 0.940. The van der Waals surface area contributed by atoms with Crippen LogP contribution in [0.2, 0.25) is 0 Å². The number of hydrogen-bond acceptors (Lipinski definition) is 4. The highest BCUT2D eigenvalue weighted by molar-refractivity contribution is 14.0. The second-order valence-electron chi connectivity index (χ2n) is 5.24. The van der Waals surface area contributed by atoms with Crippen molar-refractivity contribution >= 4 is 41.3 Å². The molecule has 1 aromatic rings. The van der Waals surface area contributed by atoms with Crippen LogP contribution >= 0.6 is 35.3 Å². The third-order valence-electron chi connectivity index (χ3n) is 3.55. The first kappa shape index (κ1) is 18.6. The fourth-order valence-corrected chi connectivity index (χ4v) is 3.12. The normalized spacial score (nSPS) is 15.9. The third kappa shape index (κ3) is 6.07. The van der Waals surface area contributed by atoms with Crippen molar-refractivity contribution in [2.75, 3.05) is 40.3 Å². The second kappa shape index (κ2) is 9.58. The monoisotopic (exact) mass is 423 g/mol. The van der Waals surface area contributed by atoms with E-state index in [1.54, 1.807) is 11.3 Å². The highest BCUT2D eigenvalue weighted by Crippen LogP contribution is 2.10. The first-order valence-corrected chi connectivity index (χ1v) is 8.12. The van der Waals surface area contributed by atoms with Gasteiger partial charge < -0.3 is 15.1 Å². The molecule has 0 spiro atoms. The number of thiazole rings is 1. The molecule has 0 radical (unpaired) electrons.